The zero-order valence-electron chi connectivity index (χ0n) is 16.2. The van der Waals surface area contributed by atoms with E-state index in [0.29, 0.717) is 28.1 Å². The molecule has 0 aliphatic heterocycles. The first-order chi connectivity index (χ1) is 14.4. The van der Waals surface area contributed by atoms with Crippen molar-refractivity contribution < 1.29 is 14.7 Å². The van der Waals surface area contributed by atoms with E-state index in [4.69, 9.17) is 5.11 Å². The number of hydrogen-bond acceptors (Lipinski definition) is 5. The number of halogens is 1. The molecular weight excluding hydrogens is 452 g/mol. The second kappa shape index (κ2) is 8.39. The molecule has 2 amide bonds. The lowest BCUT2D eigenvalue weighted by Crippen LogP contribution is -2.39. The van der Waals surface area contributed by atoms with E-state index in [1.54, 1.807) is 35.4 Å². The third kappa shape index (κ3) is 4.28. The van der Waals surface area contributed by atoms with Crippen LogP contribution in [0.2, 0.25) is 0 Å². The molecule has 3 aromatic rings. The standard InChI is InChI=1S/C20H21BrN6O3/c1-11-6-12(8-13(7-11)24-20(29)30)14-2-4-22-10-17(14)26-19(28)16-3-5-27-18(25-16)15(21)9-23-27/h2-5,9-13,24H,6-8H2,1H3,(H,26,28)(H,29,30)/t11-,12+,13-/m0/s1. The Morgan fingerprint density at radius 3 is 2.87 bits per heavy atom. The molecule has 156 valence electrons. The Balaban J connectivity index is 1.57. The van der Waals surface area contributed by atoms with Gasteiger partial charge in [0.15, 0.2) is 5.65 Å². The van der Waals surface area contributed by atoms with Crippen LogP contribution in [0.4, 0.5) is 10.5 Å². The quantitative estimate of drug-likeness (QED) is 0.532. The molecule has 0 spiro atoms. The number of anilines is 1. The maximum atomic E-state index is 12.9. The highest BCUT2D eigenvalue weighted by Gasteiger charge is 2.30. The lowest BCUT2D eigenvalue weighted by atomic mass is 9.76. The van der Waals surface area contributed by atoms with Gasteiger partial charge in [-0.05, 0) is 64.7 Å². The van der Waals surface area contributed by atoms with Crippen LogP contribution in [-0.4, -0.2) is 42.7 Å². The normalized spacial score (nSPS) is 21.3. The summed E-state index contributed by atoms with van der Waals surface area (Å²) in [5.41, 5.74) is 2.39. The number of nitrogens with zero attached hydrogens (tertiary/aromatic N) is 4. The van der Waals surface area contributed by atoms with Crippen LogP contribution in [0.5, 0.6) is 0 Å². The van der Waals surface area contributed by atoms with E-state index in [1.165, 1.54) is 0 Å². The zero-order chi connectivity index (χ0) is 21.3. The van der Waals surface area contributed by atoms with Crippen molar-refractivity contribution in [3.8, 4) is 0 Å². The van der Waals surface area contributed by atoms with Gasteiger partial charge < -0.3 is 15.7 Å². The predicted molar refractivity (Wildman–Crippen MR) is 114 cm³/mol. The molecule has 10 heteroatoms. The molecular formula is C20H21BrN6O3. The first kappa shape index (κ1) is 20.3. The molecule has 3 aromatic heterocycles. The Labute approximate surface area is 181 Å². The Kier molecular flexibility index (Phi) is 5.67. The summed E-state index contributed by atoms with van der Waals surface area (Å²) in [6.07, 6.45) is 8.00. The third-order valence-electron chi connectivity index (χ3n) is 5.37. The molecule has 1 aliphatic rings. The van der Waals surface area contributed by atoms with Gasteiger partial charge in [0.25, 0.3) is 5.91 Å². The van der Waals surface area contributed by atoms with Crippen molar-refractivity contribution >= 4 is 39.3 Å². The van der Waals surface area contributed by atoms with Crippen molar-refractivity contribution in [1.29, 1.82) is 0 Å². The van der Waals surface area contributed by atoms with Gasteiger partial charge in [0.1, 0.15) is 5.69 Å². The minimum Gasteiger partial charge on any atom is -0.465 e. The van der Waals surface area contributed by atoms with Gasteiger partial charge in [-0.1, -0.05) is 6.92 Å². The molecule has 3 atom stereocenters. The Hall–Kier alpha value is -3.01. The van der Waals surface area contributed by atoms with Gasteiger partial charge in [-0.15, -0.1) is 0 Å². The van der Waals surface area contributed by atoms with E-state index >= 15 is 0 Å². The molecule has 0 bridgehead atoms. The summed E-state index contributed by atoms with van der Waals surface area (Å²) in [4.78, 5) is 32.5. The largest absolute Gasteiger partial charge is 0.465 e. The fraction of sp³-hybridized carbons (Fsp3) is 0.350. The van der Waals surface area contributed by atoms with Gasteiger partial charge in [0.05, 0.1) is 22.6 Å². The molecule has 4 rings (SSSR count). The minimum atomic E-state index is -1.01. The second-order valence-corrected chi connectivity index (χ2v) is 8.50. The smallest absolute Gasteiger partial charge is 0.404 e. The summed E-state index contributed by atoms with van der Waals surface area (Å²) in [5, 5.41) is 18.8. The number of amides is 2. The van der Waals surface area contributed by atoms with Crippen molar-refractivity contribution in [3.63, 3.8) is 0 Å². The second-order valence-electron chi connectivity index (χ2n) is 7.65. The molecule has 0 unspecified atom stereocenters. The van der Waals surface area contributed by atoms with E-state index in [1.807, 2.05) is 6.07 Å². The van der Waals surface area contributed by atoms with Gasteiger partial charge >= 0.3 is 6.09 Å². The molecule has 0 aromatic carbocycles. The highest BCUT2D eigenvalue weighted by Crippen LogP contribution is 2.39. The molecule has 0 radical (unpaired) electrons. The topological polar surface area (TPSA) is 122 Å². The molecule has 1 saturated carbocycles. The van der Waals surface area contributed by atoms with Crippen LogP contribution in [0.25, 0.3) is 5.65 Å². The van der Waals surface area contributed by atoms with E-state index in [0.717, 1.165) is 18.4 Å². The number of hydrogen-bond donors (Lipinski definition) is 3. The van der Waals surface area contributed by atoms with Crippen molar-refractivity contribution in [2.24, 2.45) is 5.92 Å². The molecule has 9 nitrogen and oxygen atoms in total. The maximum Gasteiger partial charge on any atom is 0.404 e. The summed E-state index contributed by atoms with van der Waals surface area (Å²) in [5.74, 6) is 0.132. The number of carbonyl (C=O) groups excluding carboxylic acids is 1. The van der Waals surface area contributed by atoms with Crippen molar-refractivity contribution in [3.05, 3.63) is 52.7 Å². The average molecular weight is 473 g/mol. The highest BCUT2D eigenvalue weighted by molar-refractivity contribution is 9.10. The van der Waals surface area contributed by atoms with E-state index in [2.05, 4.69) is 48.6 Å². The maximum absolute atomic E-state index is 12.9. The molecule has 1 aliphatic carbocycles. The Morgan fingerprint density at radius 1 is 1.23 bits per heavy atom. The SMILES string of the molecule is C[C@@H]1C[C@H](NC(=O)O)C[C@H](c2ccncc2NC(=O)c2ccn3ncc(Br)c3n2)C1. The van der Waals surface area contributed by atoms with Crippen LogP contribution in [0.15, 0.2) is 41.4 Å². The number of carboxylic acid groups (broad SMARTS) is 1. The van der Waals surface area contributed by atoms with Gasteiger partial charge in [-0.25, -0.2) is 14.3 Å². The Bertz CT molecular complexity index is 1100. The zero-order valence-corrected chi connectivity index (χ0v) is 17.8. The average Bonchev–Trinajstić information content (AvgIpc) is 3.07. The molecule has 30 heavy (non-hydrogen) atoms. The first-order valence-electron chi connectivity index (χ1n) is 9.65. The predicted octanol–water partition coefficient (Wildman–Crippen LogP) is 3.68. The highest BCUT2D eigenvalue weighted by atomic mass is 79.9. The van der Waals surface area contributed by atoms with Crippen molar-refractivity contribution in [2.45, 2.75) is 38.1 Å². The van der Waals surface area contributed by atoms with Crippen LogP contribution in [0.1, 0.15) is 48.2 Å². The number of rotatable bonds is 4. The van der Waals surface area contributed by atoms with Crippen molar-refractivity contribution in [1.82, 2.24) is 24.9 Å². The summed E-state index contributed by atoms with van der Waals surface area (Å²) >= 11 is 3.37. The minimum absolute atomic E-state index is 0.114. The van der Waals surface area contributed by atoms with Crippen LogP contribution in [0, 0.1) is 5.92 Å². The van der Waals surface area contributed by atoms with Gasteiger partial charge in [0, 0.05) is 18.4 Å². The monoisotopic (exact) mass is 472 g/mol. The van der Waals surface area contributed by atoms with E-state index in [9.17, 15) is 9.59 Å². The number of aromatic nitrogens is 4. The third-order valence-corrected chi connectivity index (χ3v) is 5.93. The molecule has 3 N–H and O–H groups in total. The van der Waals surface area contributed by atoms with Gasteiger partial charge in [-0.3, -0.25) is 9.78 Å². The fourth-order valence-electron chi connectivity index (χ4n) is 4.17. The molecule has 1 fully saturated rings. The van der Waals surface area contributed by atoms with Gasteiger partial charge in [-0.2, -0.15) is 5.10 Å². The van der Waals surface area contributed by atoms with E-state index < -0.39 is 6.09 Å². The lowest BCUT2D eigenvalue weighted by molar-refractivity contribution is 0.102. The van der Waals surface area contributed by atoms with Crippen LogP contribution in [0.3, 0.4) is 0 Å². The van der Waals surface area contributed by atoms with Crippen LogP contribution < -0.4 is 10.6 Å². The van der Waals surface area contributed by atoms with Gasteiger partial charge in [0.2, 0.25) is 0 Å². The van der Waals surface area contributed by atoms with Crippen LogP contribution in [-0.2, 0) is 0 Å². The Morgan fingerprint density at radius 2 is 2.07 bits per heavy atom. The summed E-state index contributed by atoms with van der Waals surface area (Å²) in [6, 6.07) is 3.38. The number of pyridine rings is 1. The molecule has 0 saturated heterocycles. The number of carbonyl (C=O) groups is 2. The van der Waals surface area contributed by atoms with Crippen molar-refractivity contribution in [2.75, 3.05) is 5.32 Å². The summed E-state index contributed by atoms with van der Waals surface area (Å²) in [6.45, 7) is 2.12. The van der Waals surface area contributed by atoms with Crippen LogP contribution >= 0.6 is 15.9 Å². The summed E-state index contributed by atoms with van der Waals surface area (Å²) in [7, 11) is 0. The number of nitrogens with one attached hydrogen (secondary N) is 2. The lowest BCUT2D eigenvalue weighted by Gasteiger charge is -2.34. The fourth-order valence-corrected chi connectivity index (χ4v) is 4.53. The number of fused-ring (bicyclic) bond motifs is 1. The van der Waals surface area contributed by atoms with E-state index in [-0.39, 0.29) is 23.6 Å². The summed E-state index contributed by atoms with van der Waals surface area (Å²) < 4.78 is 2.28. The first-order valence-corrected chi connectivity index (χ1v) is 10.4. The molecule has 3 heterocycles.